The van der Waals surface area contributed by atoms with Crippen molar-refractivity contribution in [2.75, 3.05) is 13.7 Å². The van der Waals surface area contributed by atoms with Gasteiger partial charge < -0.3 is 9.47 Å². The molecule has 0 unspecified atom stereocenters. The molecule has 0 fully saturated rings. The summed E-state index contributed by atoms with van der Waals surface area (Å²) in [7, 11) is 1.63. The number of nitrogens with zero attached hydrogens (tertiary/aromatic N) is 1. The summed E-state index contributed by atoms with van der Waals surface area (Å²) in [6, 6.07) is 13.4. The Labute approximate surface area is 167 Å². The number of carbonyl (C=O) groups excluding carboxylic acids is 1. The molecule has 0 aliphatic carbocycles. The molecule has 6 heteroatoms. The van der Waals surface area contributed by atoms with Gasteiger partial charge in [0, 0.05) is 0 Å². The molecule has 1 amide bonds. The van der Waals surface area contributed by atoms with Crippen LogP contribution in [0.2, 0.25) is 0 Å². The van der Waals surface area contributed by atoms with Crippen molar-refractivity contribution in [3.05, 3.63) is 57.2 Å². The van der Waals surface area contributed by atoms with Crippen molar-refractivity contribution in [2.45, 2.75) is 26.2 Å². The fraction of sp³-hybridized carbons (Fsp3) is 0.300. The van der Waals surface area contributed by atoms with E-state index in [0.717, 1.165) is 14.9 Å². The maximum atomic E-state index is 11.8. The first-order valence-corrected chi connectivity index (χ1v) is 9.26. The molecule has 0 aliphatic heterocycles. The predicted octanol–water partition coefficient (Wildman–Crippen LogP) is 4.13. The summed E-state index contributed by atoms with van der Waals surface area (Å²) in [5, 5.41) is 3.95. The molecule has 0 saturated carbocycles. The number of rotatable bonds is 6. The summed E-state index contributed by atoms with van der Waals surface area (Å²) < 4.78 is 11.7. The zero-order valence-electron chi connectivity index (χ0n) is 15.4. The maximum Gasteiger partial charge on any atom is 0.277 e. The molecule has 0 heterocycles. The maximum absolute atomic E-state index is 11.8. The Hall–Kier alpha value is -2.09. The van der Waals surface area contributed by atoms with Gasteiger partial charge in [0.05, 0.1) is 16.9 Å². The topological polar surface area (TPSA) is 59.9 Å². The minimum absolute atomic E-state index is 0.0872. The highest BCUT2D eigenvalue weighted by Gasteiger charge is 2.13. The van der Waals surface area contributed by atoms with E-state index in [1.165, 1.54) is 5.56 Å². The Morgan fingerprint density at radius 3 is 2.46 bits per heavy atom. The van der Waals surface area contributed by atoms with E-state index in [1.807, 2.05) is 42.5 Å². The van der Waals surface area contributed by atoms with Gasteiger partial charge in [-0.3, -0.25) is 4.79 Å². The van der Waals surface area contributed by atoms with Gasteiger partial charge in [-0.05, 0) is 69.5 Å². The zero-order valence-corrected chi connectivity index (χ0v) is 17.5. The largest absolute Gasteiger partial charge is 0.496 e. The van der Waals surface area contributed by atoms with Crippen LogP contribution in [0.25, 0.3) is 0 Å². The number of hydrogen-bond donors (Lipinski definition) is 1. The molecular formula is C20H23IN2O3. The highest BCUT2D eigenvalue weighted by atomic mass is 127. The third-order valence-corrected chi connectivity index (χ3v) is 4.51. The van der Waals surface area contributed by atoms with Crippen LogP contribution in [0.4, 0.5) is 0 Å². The van der Waals surface area contributed by atoms with E-state index in [9.17, 15) is 4.79 Å². The summed E-state index contributed by atoms with van der Waals surface area (Å²) in [5.41, 5.74) is 4.63. The lowest BCUT2D eigenvalue weighted by molar-refractivity contribution is -0.123. The monoisotopic (exact) mass is 466 g/mol. The van der Waals surface area contributed by atoms with Crippen molar-refractivity contribution in [1.29, 1.82) is 0 Å². The van der Waals surface area contributed by atoms with E-state index >= 15 is 0 Å². The number of benzene rings is 2. The second-order valence-electron chi connectivity index (χ2n) is 6.75. The van der Waals surface area contributed by atoms with Crippen LogP contribution in [0.3, 0.4) is 0 Å². The average Bonchev–Trinajstić information content (AvgIpc) is 2.60. The van der Waals surface area contributed by atoms with Gasteiger partial charge in [-0.15, -0.1) is 0 Å². The molecule has 0 radical (unpaired) electrons. The lowest BCUT2D eigenvalue weighted by atomic mass is 9.87. The van der Waals surface area contributed by atoms with Crippen molar-refractivity contribution in [2.24, 2.45) is 5.10 Å². The van der Waals surface area contributed by atoms with E-state index in [-0.39, 0.29) is 17.9 Å². The normalized spacial score (nSPS) is 11.4. The Kier molecular flexibility index (Phi) is 7.02. The van der Waals surface area contributed by atoms with Crippen LogP contribution in [-0.4, -0.2) is 25.8 Å². The number of ether oxygens (including phenoxy) is 2. The molecule has 0 bridgehead atoms. The van der Waals surface area contributed by atoms with Crippen LogP contribution in [0.5, 0.6) is 11.5 Å². The van der Waals surface area contributed by atoms with Crippen LogP contribution in [0.1, 0.15) is 31.9 Å². The second kappa shape index (κ2) is 9.02. The van der Waals surface area contributed by atoms with Gasteiger partial charge >= 0.3 is 0 Å². The molecule has 0 atom stereocenters. The molecule has 0 saturated heterocycles. The first kappa shape index (κ1) is 20.2. The van der Waals surface area contributed by atoms with Crippen LogP contribution in [0.15, 0.2) is 47.6 Å². The number of methoxy groups -OCH3 is 1. The molecule has 1 N–H and O–H groups in total. The van der Waals surface area contributed by atoms with Crippen molar-refractivity contribution >= 4 is 34.7 Å². The van der Waals surface area contributed by atoms with Crippen LogP contribution < -0.4 is 14.9 Å². The standard InChI is InChI=1S/C20H23IN2O3/c1-20(2,3)15-6-8-16(9-7-15)26-13-19(24)23-22-12-14-5-10-18(25-4)17(21)11-14/h5-12H,13H2,1-4H3,(H,23,24)/b22-12+. The van der Waals surface area contributed by atoms with Crippen molar-refractivity contribution < 1.29 is 14.3 Å². The zero-order chi connectivity index (χ0) is 19.2. The van der Waals surface area contributed by atoms with Gasteiger partial charge in [-0.1, -0.05) is 32.9 Å². The first-order chi connectivity index (χ1) is 12.3. The van der Waals surface area contributed by atoms with Gasteiger partial charge in [0.1, 0.15) is 11.5 Å². The summed E-state index contributed by atoms with van der Waals surface area (Å²) in [5.74, 6) is 1.14. The van der Waals surface area contributed by atoms with Crippen LogP contribution in [0, 0.1) is 3.57 Å². The van der Waals surface area contributed by atoms with E-state index in [4.69, 9.17) is 9.47 Å². The highest BCUT2D eigenvalue weighted by Crippen LogP contribution is 2.24. The van der Waals surface area contributed by atoms with Crippen LogP contribution in [-0.2, 0) is 10.2 Å². The fourth-order valence-corrected chi connectivity index (χ4v) is 2.93. The smallest absolute Gasteiger partial charge is 0.277 e. The molecular weight excluding hydrogens is 443 g/mol. The Bertz CT molecular complexity index is 781. The predicted molar refractivity (Wildman–Crippen MR) is 112 cm³/mol. The number of hydrazone groups is 1. The van der Waals surface area contributed by atoms with Gasteiger partial charge in [0.2, 0.25) is 0 Å². The molecule has 0 aromatic heterocycles. The van der Waals surface area contributed by atoms with Gasteiger partial charge in [-0.2, -0.15) is 5.10 Å². The van der Waals surface area contributed by atoms with Gasteiger partial charge in [0.15, 0.2) is 6.61 Å². The lowest BCUT2D eigenvalue weighted by Gasteiger charge is -2.19. The summed E-state index contributed by atoms with van der Waals surface area (Å²) in [4.78, 5) is 11.8. The number of carbonyl (C=O) groups is 1. The first-order valence-electron chi connectivity index (χ1n) is 8.18. The Balaban J connectivity index is 1.82. The summed E-state index contributed by atoms with van der Waals surface area (Å²) in [6.45, 7) is 6.36. The molecule has 0 aliphatic rings. The lowest BCUT2D eigenvalue weighted by Crippen LogP contribution is -2.24. The van der Waals surface area contributed by atoms with Crippen LogP contribution >= 0.6 is 22.6 Å². The summed E-state index contributed by atoms with van der Waals surface area (Å²) >= 11 is 2.18. The molecule has 138 valence electrons. The second-order valence-corrected chi connectivity index (χ2v) is 7.91. The summed E-state index contributed by atoms with van der Waals surface area (Å²) in [6.07, 6.45) is 1.58. The molecule has 0 spiro atoms. The quantitative estimate of drug-likeness (QED) is 0.396. The molecule has 2 rings (SSSR count). The minimum Gasteiger partial charge on any atom is -0.496 e. The molecule has 26 heavy (non-hydrogen) atoms. The minimum atomic E-state index is -0.315. The van der Waals surface area contributed by atoms with Gasteiger partial charge in [-0.25, -0.2) is 5.43 Å². The van der Waals surface area contributed by atoms with E-state index in [2.05, 4.69) is 53.9 Å². The van der Waals surface area contributed by atoms with Gasteiger partial charge in [0.25, 0.3) is 5.91 Å². The molecule has 2 aromatic rings. The van der Waals surface area contributed by atoms with E-state index in [1.54, 1.807) is 13.3 Å². The Morgan fingerprint density at radius 1 is 1.19 bits per heavy atom. The number of halogens is 1. The third kappa shape index (κ3) is 6.01. The van der Waals surface area contributed by atoms with E-state index < -0.39 is 0 Å². The SMILES string of the molecule is COc1ccc(/C=N/NC(=O)COc2ccc(C(C)(C)C)cc2)cc1I. The van der Waals surface area contributed by atoms with Crippen molar-refractivity contribution in [3.63, 3.8) is 0 Å². The molecule has 2 aromatic carbocycles. The average molecular weight is 466 g/mol. The number of nitrogens with one attached hydrogen (secondary N) is 1. The Morgan fingerprint density at radius 2 is 1.88 bits per heavy atom. The third-order valence-electron chi connectivity index (χ3n) is 3.67. The van der Waals surface area contributed by atoms with Crippen molar-refractivity contribution in [3.8, 4) is 11.5 Å². The number of hydrogen-bond acceptors (Lipinski definition) is 4. The number of amides is 1. The molecule has 5 nitrogen and oxygen atoms in total. The fourth-order valence-electron chi connectivity index (χ4n) is 2.17. The van der Waals surface area contributed by atoms with E-state index in [0.29, 0.717) is 5.75 Å². The van der Waals surface area contributed by atoms with Crippen molar-refractivity contribution in [1.82, 2.24) is 5.43 Å². The highest BCUT2D eigenvalue weighted by molar-refractivity contribution is 14.1.